The van der Waals surface area contributed by atoms with Crippen molar-refractivity contribution in [3.05, 3.63) is 0 Å². The number of hydrogen-bond donors (Lipinski definition) is 1. The van der Waals surface area contributed by atoms with Crippen molar-refractivity contribution < 1.29 is 9.53 Å². The van der Waals surface area contributed by atoms with E-state index < -0.39 is 5.54 Å². The van der Waals surface area contributed by atoms with Crippen LogP contribution in [0.4, 0.5) is 0 Å². The molecule has 2 fully saturated rings. The van der Waals surface area contributed by atoms with E-state index >= 15 is 0 Å². The Morgan fingerprint density at radius 3 is 2.44 bits per heavy atom. The minimum Gasteiger partial charge on any atom is -0.468 e. The summed E-state index contributed by atoms with van der Waals surface area (Å²) in [5, 5.41) is 3.23. The maximum absolute atomic E-state index is 12.0. The summed E-state index contributed by atoms with van der Waals surface area (Å²) in [7, 11) is 5.58. The second-order valence-electron chi connectivity index (χ2n) is 5.82. The van der Waals surface area contributed by atoms with Gasteiger partial charge in [0.1, 0.15) is 5.54 Å². The van der Waals surface area contributed by atoms with E-state index in [1.807, 2.05) is 7.05 Å². The summed E-state index contributed by atoms with van der Waals surface area (Å²) >= 11 is 0. The summed E-state index contributed by atoms with van der Waals surface area (Å²) < 4.78 is 4.99. The van der Waals surface area contributed by atoms with Crippen molar-refractivity contribution in [3.63, 3.8) is 0 Å². The van der Waals surface area contributed by atoms with Gasteiger partial charge in [-0.15, -0.1) is 0 Å². The average molecular weight is 254 g/mol. The van der Waals surface area contributed by atoms with Gasteiger partial charge in [-0.1, -0.05) is 6.42 Å². The number of esters is 1. The maximum atomic E-state index is 12.0. The van der Waals surface area contributed by atoms with Gasteiger partial charge in [-0.05, 0) is 52.6 Å². The molecule has 18 heavy (non-hydrogen) atoms. The molecular formula is C14H26N2O2. The molecule has 0 spiro atoms. The third-order valence-electron chi connectivity index (χ3n) is 5.01. The number of methoxy groups -OCH3 is 1. The molecule has 1 N–H and O–H groups in total. The lowest BCUT2D eigenvalue weighted by Gasteiger charge is -2.46. The van der Waals surface area contributed by atoms with Gasteiger partial charge >= 0.3 is 5.97 Å². The van der Waals surface area contributed by atoms with E-state index in [0.717, 1.165) is 25.3 Å². The Bertz CT molecular complexity index is 304. The highest BCUT2D eigenvalue weighted by molar-refractivity contribution is 5.81. The van der Waals surface area contributed by atoms with E-state index in [4.69, 9.17) is 4.74 Å². The van der Waals surface area contributed by atoms with Gasteiger partial charge in [-0.3, -0.25) is 4.79 Å². The van der Waals surface area contributed by atoms with Crippen LogP contribution >= 0.6 is 0 Å². The van der Waals surface area contributed by atoms with Crippen LogP contribution in [0.3, 0.4) is 0 Å². The predicted octanol–water partition coefficient (Wildman–Crippen LogP) is 1.54. The Balaban J connectivity index is 2.03. The largest absolute Gasteiger partial charge is 0.468 e. The molecule has 0 radical (unpaired) electrons. The fourth-order valence-corrected chi connectivity index (χ4v) is 3.40. The van der Waals surface area contributed by atoms with Crippen LogP contribution in [0.2, 0.25) is 0 Å². The predicted molar refractivity (Wildman–Crippen MR) is 71.5 cm³/mol. The molecule has 0 bridgehead atoms. The second kappa shape index (κ2) is 5.57. The van der Waals surface area contributed by atoms with Gasteiger partial charge in [-0.2, -0.15) is 0 Å². The van der Waals surface area contributed by atoms with E-state index in [2.05, 4.69) is 17.3 Å². The average Bonchev–Trinajstić information content (AvgIpc) is 2.35. The van der Waals surface area contributed by atoms with E-state index in [9.17, 15) is 4.79 Å². The molecule has 2 unspecified atom stereocenters. The molecule has 2 aliphatic carbocycles. The highest BCUT2D eigenvalue weighted by Crippen LogP contribution is 2.35. The smallest absolute Gasteiger partial charge is 0.326 e. The second-order valence-corrected chi connectivity index (χ2v) is 5.82. The first kappa shape index (κ1) is 13.8. The van der Waals surface area contributed by atoms with Crippen molar-refractivity contribution in [3.8, 4) is 0 Å². The molecule has 0 aromatic rings. The molecule has 104 valence electrons. The van der Waals surface area contributed by atoms with Crippen molar-refractivity contribution >= 4 is 5.97 Å². The van der Waals surface area contributed by atoms with Crippen LogP contribution in [0.5, 0.6) is 0 Å². The molecular weight excluding hydrogens is 228 g/mol. The van der Waals surface area contributed by atoms with Crippen molar-refractivity contribution in [2.75, 3.05) is 21.2 Å². The Morgan fingerprint density at radius 2 is 1.94 bits per heavy atom. The number of hydrogen-bond acceptors (Lipinski definition) is 4. The summed E-state index contributed by atoms with van der Waals surface area (Å²) in [6.45, 7) is 0. The SMILES string of the molecule is CNC1(C(=O)OC)CCCC(N(C)C2CCC2)C1. The third-order valence-corrected chi connectivity index (χ3v) is 5.01. The Hall–Kier alpha value is -0.610. The molecule has 0 aromatic heterocycles. The molecule has 2 aliphatic rings. The number of likely N-dealkylation sites (N-methyl/N-ethyl adjacent to an activating group) is 1. The lowest BCUT2D eigenvalue weighted by atomic mass is 9.77. The first-order valence-electron chi connectivity index (χ1n) is 7.12. The van der Waals surface area contributed by atoms with E-state index in [1.54, 1.807) is 0 Å². The molecule has 0 aliphatic heterocycles. The summed E-state index contributed by atoms with van der Waals surface area (Å²) in [6, 6.07) is 1.25. The summed E-state index contributed by atoms with van der Waals surface area (Å²) in [4.78, 5) is 14.5. The summed E-state index contributed by atoms with van der Waals surface area (Å²) in [6.07, 6.45) is 8.06. The maximum Gasteiger partial charge on any atom is 0.326 e. The van der Waals surface area contributed by atoms with Crippen LogP contribution < -0.4 is 5.32 Å². The number of ether oxygens (including phenoxy) is 1. The fourth-order valence-electron chi connectivity index (χ4n) is 3.40. The normalized spacial score (nSPS) is 33.2. The monoisotopic (exact) mass is 254 g/mol. The number of nitrogens with zero attached hydrogens (tertiary/aromatic N) is 1. The lowest BCUT2D eigenvalue weighted by Crippen LogP contribution is -2.58. The highest BCUT2D eigenvalue weighted by atomic mass is 16.5. The highest BCUT2D eigenvalue weighted by Gasteiger charge is 2.44. The number of carbonyl (C=O) groups excluding carboxylic acids is 1. The Kier molecular flexibility index (Phi) is 4.28. The van der Waals surface area contributed by atoms with Gasteiger partial charge in [0.15, 0.2) is 0 Å². The number of carbonyl (C=O) groups is 1. The van der Waals surface area contributed by atoms with Crippen LogP contribution in [0.15, 0.2) is 0 Å². The third kappa shape index (κ3) is 2.41. The molecule has 0 aromatic carbocycles. The topological polar surface area (TPSA) is 41.6 Å². The van der Waals surface area contributed by atoms with Gasteiger partial charge in [0.2, 0.25) is 0 Å². The van der Waals surface area contributed by atoms with E-state index in [-0.39, 0.29) is 5.97 Å². The van der Waals surface area contributed by atoms with E-state index in [0.29, 0.717) is 6.04 Å². The van der Waals surface area contributed by atoms with Crippen molar-refractivity contribution in [2.24, 2.45) is 0 Å². The molecule has 0 amide bonds. The number of rotatable bonds is 4. The van der Waals surface area contributed by atoms with Gasteiger partial charge in [0.05, 0.1) is 7.11 Å². The lowest BCUT2D eigenvalue weighted by molar-refractivity contribution is -0.151. The minimum absolute atomic E-state index is 0.100. The van der Waals surface area contributed by atoms with Crippen molar-refractivity contribution in [1.82, 2.24) is 10.2 Å². The minimum atomic E-state index is -0.463. The summed E-state index contributed by atoms with van der Waals surface area (Å²) in [5.41, 5.74) is -0.463. The van der Waals surface area contributed by atoms with Gasteiger partial charge in [-0.25, -0.2) is 0 Å². The zero-order valence-electron chi connectivity index (χ0n) is 11.9. The molecule has 4 nitrogen and oxygen atoms in total. The van der Waals surface area contributed by atoms with Crippen LogP contribution in [0, 0.1) is 0 Å². The van der Waals surface area contributed by atoms with Crippen LogP contribution in [0.1, 0.15) is 44.9 Å². The first-order valence-corrected chi connectivity index (χ1v) is 7.12. The van der Waals surface area contributed by atoms with Gasteiger partial charge in [0.25, 0.3) is 0 Å². The molecule has 4 heteroatoms. The standard InChI is InChI=1S/C14H26N2O2/c1-15-14(13(17)18-3)9-5-8-12(10-14)16(2)11-6-4-7-11/h11-12,15H,4-10H2,1-3H3. The summed E-state index contributed by atoms with van der Waals surface area (Å²) in [5.74, 6) is -0.100. The zero-order chi connectivity index (χ0) is 13.2. The molecule has 2 saturated carbocycles. The first-order chi connectivity index (χ1) is 8.63. The molecule has 2 rings (SSSR count). The Labute approximate surface area is 110 Å². The molecule has 2 atom stereocenters. The van der Waals surface area contributed by atoms with E-state index in [1.165, 1.54) is 32.8 Å². The quantitative estimate of drug-likeness (QED) is 0.773. The Morgan fingerprint density at radius 1 is 1.28 bits per heavy atom. The van der Waals surface area contributed by atoms with Gasteiger partial charge < -0.3 is 15.0 Å². The van der Waals surface area contributed by atoms with Crippen molar-refractivity contribution in [2.45, 2.75) is 62.6 Å². The molecule has 0 saturated heterocycles. The number of nitrogens with one attached hydrogen (secondary N) is 1. The fraction of sp³-hybridized carbons (Fsp3) is 0.929. The van der Waals surface area contributed by atoms with Crippen LogP contribution in [-0.2, 0) is 9.53 Å². The van der Waals surface area contributed by atoms with Crippen molar-refractivity contribution in [1.29, 1.82) is 0 Å². The van der Waals surface area contributed by atoms with Crippen LogP contribution in [0.25, 0.3) is 0 Å². The van der Waals surface area contributed by atoms with Gasteiger partial charge in [0, 0.05) is 12.1 Å². The zero-order valence-corrected chi connectivity index (χ0v) is 11.9. The van der Waals surface area contributed by atoms with Crippen LogP contribution in [-0.4, -0.2) is 49.7 Å². The molecule has 0 heterocycles.